The van der Waals surface area contributed by atoms with E-state index in [0.29, 0.717) is 5.69 Å². The lowest BCUT2D eigenvalue weighted by molar-refractivity contribution is 0.475. The van der Waals surface area contributed by atoms with E-state index in [1.807, 2.05) is 6.07 Å². The van der Waals surface area contributed by atoms with Crippen LogP contribution in [-0.2, 0) is 10.0 Å². The number of sulfonamides is 1. The monoisotopic (exact) mass is 297 g/mol. The van der Waals surface area contributed by atoms with Crippen molar-refractivity contribution in [2.24, 2.45) is 0 Å². The highest BCUT2D eigenvalue weighted by atomic mass is 35.5. The molecule has 0 radical (unpaired) electrons. The molecule has 2 aromatic carbocycles. The van der Waals surface area contributed by atoms with Gasteiger partial charge in [0.05, 0.1) is 11.3 Å². The second-order valence-corrected chi connectivity index (χ2v) is 6.28. The van der Waals surface area contributed by atoms with Crippen molar-refractivity contribution in [2.75, 3.05) is 11.0 Å². The van der Waals surface area contributed by atoms with E-state index in [1.54, 1.807) is 30.3 Å². The number of nitrogens with one attached hydrogen (secondary N) is 1. The highest BCUT2D eigenvalue weighted by Crippen LogP contribution is 2.30. The Kier molecular flexibility index (Phi) is 3.68. The van der Waals surface area contributed by atoms with Crippen LogP contribution >= 0.6 is 11.6 Å². The predicted octanol–water partition coefficient (Wildman–Crippen LogP) is 3.08. The molecule has 0 fully saturated rings. The fourth-order valence-electron chi connectivity index (χ4n) is 1.66. The fourth-order valence-corrected chi connectivity index (χ4v) is 2.40. The first-order chi connectivity index (χ1) is 8.85. The van der Waals surface area contributed by atoms with Gasteiger partial charge in [-0.3, -0.25) is 4.72 Å². The van der Waals surface area contributed by atoms with Gasteiger partial charge < -0.3 is 5.11 Å². The molecule has 2 N–H and O–H groups in total. The second-order valence-electron chi connectivity index (χ2n) is 4.12. The quantitative estimate of drug-likeness (QED) is 0.915. The Morgan fingerprint density at radius 2 is 1.79 bits per heavy atom. The average molecular weight is 298 g/mol. The van der Waals surface area contributed by atoms with Crippen LogP contribution in [0.5, 0.6) is 5.75 Å². The van der Waals surface area contributed by atoms with Crippen LogP contribution in [0.2, 0.25) is 5.02 Å². The van der Waals surface area contributed by atoms with Crippen molar-refractivity contribution in [1.29, 1.82) is 0 Å². The maximum absolute atomic E-state index is 11.2. The smallest absolute Gasteiger partial charge is 0.229 e. The zero-order chi connectivity index (χ0) is 14.0. The molecule has 6 heteroatoms. The summed E-state index contributed by atoms with van der Waals surface area (Å²) in [6.07, 6.45) is 1.09. The molecule has 0 spiro atoms. The van der Waals surface area contributed by atoms with Gasteiger partial charge in [-0.25, -0.2) is 8.42 Å². The summed E-state index contributed by atoms with van der Waals surface area (Å²) in [6, 6.07) is 11.8. The van der Waals surface area contributed by atoms with Crippen LogP contribution in [0.15, 0.2) is 42.5 Å². The summed E-state index contributed by atoms with van der Waals surface area (Å²) in [5.41, 5.74) is 2.07. The number of hydrogen-bond donors (Lipinski definition) is 2. The molecule has 2 aromatic rings. The van der Waals surface area contributed by atoms with Gasteiger partial charge in [0, 0.05) is 5.69 Å². The van der Waals surface area contributed by atoms with Gasteiger partial charge in [-0.05, 0) is 35.4 Å². The Morgan fingerprint density at radius 1 is 1.11 bits per heavy atom. The zero-order valence-electron chi connectivity index (χ0n) is 10.1. The molecule has 0 heterocycles. The van der Waals surface area contributed by atoms with Crippen molar-refractivity contribution in [1.82, 2.24) is 0 Å². The van der Waals surface area contributed by atoms with Gasteiger partial charge in [0.15, 0.2) is 0 Å². The van der Waals surface area contributed by atoms with Crippen LogP contribution in [0.25, 0.3) is 11.1 Å². The van der Waals surface area contributed by atoms with Crippen LogP contribution in [0, 0.1) is 0 Å². The van der Waals surface area contributed by atoms with Gasteiger partial charge in [-0.2, -0.15) is 0 Å². The standard InChI is InChI=1S/C13H12ClNO3S/c1-19(17,18)15-11-4-2-3-9(7-11)10-5-6-13(16)12(14)8-10/h2-8,15-16H,1H3. The first-order valence-corrected chi connectivity index (χ1v) is 7.69. The van der Waals surface area contributed by atoms with Crippen LogP contribution < -0.4 is 4.72 Å². The topological polar surface area (TPSA) is 66.4 Å². The molecular formula is C13H12ClNO3S. The Bertz CT molecular complexity index is 714. The average Bonchev–Trinajstić information content (AvgIpc) is 2.31. The maximum Gasteiger partial charge on any atom is 0.229 e. The molecule has 0 aliphatic rings. The normalized spacial score (nSPS) is 11.3. The van der Waals surface area contributed by atoms with Crippen LogP contribution in [0.4, 0.5) is 5.69 Å². The van der Waals surface area contributed by atoms with Crippen LogP contribution in [0.1, 0.15) is 0 Å². The SMILES string of the molecule is CS(=O)(=O)Nc1cccc(-c2ccc(O)c(Cl)c2)c1. The van der Waals surface area contributed by atoms with Crippen molar-refractivity contribution in [2.45, 2.75) is 0 Å². The summed E-state index contributed by atoms with van der Waals surface area (Å²) in [6.45, 7) is 0. The van der Waals surface area contributed by atoms with E-state index < -0.39 is 10.0 Å². The van der Waals surface area contributed by atoms with Gasteiger partial charge in [0.25, 0.3) is 0 Å². The molecule has 0 amide bonds. The number of aromatic hydroxyl groups is 1. The number of halogens is 1. The summed E-state index contributed by atoms with van der Waals surface area (Å²) < 4.78 is 24.8. The number of benzene rings is 2. The summed E-state index contributed by atoms with van der Waals surface area (Å²) in [5.74, 6) is 0.0100. The predicted molar refractivity (Wildman–Crippen MR) is 77.0 cm³/mol. The molecule has 0 unspecified atom stereocenters. The number of hydrogen-bond acceptors (Lipinski definition) is 3. The molecule has 4 nitrogen and oxygen atoms in total. The third-order valence-electron chi connectivity index (χ3n) is 2.45. The Hall–Kier alpha value is -1.72. The highest BCUT2D eigenvalue weighted by Gasteiger charge is 2.05. The van der Waals surface area contributed by atoms with E-state index in [4.69, 9.17) is 11.6 Å². The first kappa shape index (κ1) is 13.7. The molecular weight excluding hydrogens is 286 g/mol. The molecule has 0 aromatic heterocycles. The van der Waals surface area contributed by atoms with E-state index in [1.165, 1.54) is 6.07 Å². The molecule has 0 aliphatic heterocycles. The summed E-state index contributed by atoms with van der Waals surface area (Å²) >= 11 is 5.85. The molecule has 0 saturated heterocycles. The lowest BCUT2D eigenvalue weighted by Crippen LogP contribution is -2.09. The number of phenolic OH excluding ortho intramolecular Hbond substituents is 1. The first-order valence-electron chi connectivity index (χ1n) is 5.42. The van der Waals surface area contributed by atoms with Crippen LogP contribution in [0.3, 0.4) is 0 Å². The van der Waals surface area contributed by atoms with E-state index >= 15 is 0 Å². The second kappa shape index (κ2) is 5.11. The summed E-state index contributed by atoms with van der Waals surface area (Å²) in [5, 5.41) is 9.62. The minimum Gasteiger partial charge on any atom is -0.506 e. The van der Waals surface area contributed by atoms with Gasteiger partial charge in [0.2, 0.25) is 10.0 Å². The van der Waals surface area contributed by atoms with E-state index in [-0.39, 0.29) is 10.8 Å². The van der Waals surface area contributed by atoms with Gasteiger partial charge in [-0.15, -0.1) is 0 Å². The molecule has 0 atom stereocenters. The zero-order valence-corrected chi connectivity index (χ0v) is 11.7. The lowest BCUT2D eigenvalue weighted by Gasteiger charge is -2.07. The Balaban J connectivity index is 2.40. The van der Waals surface area contributed by atoms with E-state index in [9.17, 15) is 13.5 Å². The van der Waals surface area contributed by atoms with Gasteiger partial charge in [-0.1, -0.05) is 29.8 Å². The Morgan fingerprint density at radius 3 is 2.42 bits per heavy atom. The van der Waals surface area contributed by atoms with Crippen molar-refractivity contribution < 1.29 is 13.5 Å². The van der Waals surface area contributed by atoms with E-state index in [2.05, 4.69) is 4.72 Å². The minimum absolute atomic E-state index is 0.0100. The maximum atomic E-state index is 11.2. The van der Waals surface area contributed by atoms with Crippen molar-refractivity contribution in [3.05, 3.63) is 47.5 Å². The summed E-state index contributed by atoms with van der Waals surface area (Å²) in [7, 11) is -3.31. The largest absolute Gasteiger partial charge is 0.506 e. The highest BCUT2D eigenvalue weighted by molar-refractivity contribution is 7.92. The fraction of sp³-hybridized carbons (Fsp3) is 0.0769. The van der Waals surface area contributed by atoms with Gasteiger partial charge in [0.1, 0.15) is 5.75 Å². The molecule has 0 aliphatic carbocycles. The van der Waals surface area contributed by atoms with E-state index in [0.717, 1.165) is 17.4 Å². The Labute approximate surface area is 116 Å². The van der Waals surface area contributed by atoms with Crippen molar-refractivity contribution >= 4 is 27.3 Å². The molecule has 0 bridgehead atoms. The molecule has 100 valence electrons. The number of anilines is 1. The third kappa shape index (κ3) is 3.62. The third-order valence-corrected chi connectivity index (χ3v) is 3.36. The molecule has 0 saturated carbocycles. The van der Waals surface area contributed by atoms with Crippen molar-refractivity contribution in [3.8, 4) is 16.9 Å². The van der Waals surface area contributed by atoms with Gasteiger partial charge >= 0.3 is 0 Å². The lowest BCUT2D eigenvalue weighted by atomic mass is 10.1. The van der Waals surface area contributed by atoms with Crippen molar-refractivity contribution in [3.63, 3.8) is 0 Å². The number of rotatable bonds is 3. The summed E-state index contributed by atoms with van der Waals surface area (Å²) in [4.78, 5) is 0. The molecule has 19 heavy (non-hydrogen) atoms. The number of phenols is 1. The van der Waals surface area contributed by atoms with Crippen LogP contribution in [-0.4, -0.2) is 19.8 Å². The minimum atomic E-state index is -3.31. The molecule has 2 rings (SSSR count).